The minimum Gasteiger partial charge on any atom is -0.497 e. The summed E-state index contributed by atoms with van der Waals surface area (Å²) < 4.78 is 10.6. The van der Waals surface area contributed by atoms with Crippen LogP contribution in [0.4, 0.5) is 5.69 Å². The minimum absolute atomic E-state index is 0.105. The summed E-state index contributed by atoms with van der Waals surface area (Å²) in [4.78, 5) is 58.9. The topological polar surface area (TPSA) is 103 Å². The second-order valence-electron chi connectivity index (χ2n) is 11.2. The number of esters is 1. The number of anilines is 1. The fourth-order valence-corrected chi connectivity index (χ4v) is 7.03. The number of hydrogen-bond donors (Lipinski definition) is 0. The van der Waals surface area contributed by atoms with E-state index >= 15 is 0 Å². The van der Waals surface area contributed by atoms with Crippen molar-refractivity contribution in [2.24, 2.45) is 23.7 Å². The zero-order valence-electron chi connectivity index (χ0n) is 23.0. The van der Waals surface area contributed by atoms with Crippen molar-refractivity contribution < 1.29 is 28.7 Å². The van der Waals surface area contributed by atoms with E-state index in [1.165, 1.54) is 4.90 Å². The lowest BCUT2D eigenvalue weighted by molar-refractivity contribution is -0.123. The van der Waals surface area contributed by atoms with Crippen molar-refractivity contribution in [3.63, 3.8) is 0 Å². The number of methoxy groups -OCH3 is 1. The van der Waals surface area contributed by atoms with Crippen molar-refractivity contribution in [1.29, 1.82) is 0 Å². The van der Waals surface area contributed by atoms with Crippen LogP contribution in [0.15, 0.2) is 78.9 Å². The van der Waals surface area contributed by atoms with E-state index in [0.717, 1.165) is 19.3 Å². The number of para-hydroxylation sites is 1. The number of nitrogens with zero attached hydrogens (tertiary/aromatic N) is 2. The van der Waals surface area contributed by atoms with Crippen LogP contribution >= 0.6 is 0 Å². The number of ketones is 1. The molecule has 1 aromatic heterocycles. The van der Waals surface area contributed by atoms with E-state index in [-0.39, 0.29) is 35.0 Å². The fraction of sp³-hybridized carbons (Fsp3) is 0.265. The highest BCUT2D eigenvalue weighted by Gasteiger charge is 2.61. The summed E-state index contributed by atoms with van der Waals surface area (Å²) >= 11 is 0. The van der Waals surface area contributed by atoms with Gasteiger partial charge in [-0.25, -0.2) is 9.78 Å². The largest absolute Gasteiger partial charge is 0.497 e. The van der Waals surface area contributed by atoms with Gasteiger partial charge in [-0.15, -0.1) is 0 Å². The smallest absolute Gasteiger partial charge is 0.339 e. The lowest BCUT2D eigenvalue weighted by atomic mass is 9.81. The molecule has 210 valence electrons. The molecule has 7 rings (SSSR count). The second-order valence-corrected chi connectivity index (χ2v) is 11.2. The van der Waals surface area contributed by atoms with Crippen LogP contribution in [0.2, 0.25) is 0 Å². The maximum atomic E-state index is 13.4. The number of hydrogen-bond acceptors (Lipinski definition) is 7. The number of amides is 2. The quantitative estimate of drug-likeness (QED) is 0.167. The molecule has 2 aliphatic carbocycles. The molecule has 2 bridgehead atoms. The van der Waals surface area contributed by atoms with E-state index in [1.807, 2.05) is 12.1 Å². The number of benzene rings is 3. The maximum absolute atomic E-state index is 13.4. The van der Waals surface area contributed by atoms with Crippen molar-refractivity contribution in [3.05, 3.63) is 90.0 Å². The number of fused-ring (bicyclic) bond motifs is 6. The number of carbonyl (C=O) groups excluding carboxylic acids is 4. The number of carbonyl (C=O) groups is 4. The molecule has 2 saturated carbocycles. The van der Waals surface area contributed by atoms with Gasteiger partial charge in [0.2, 0.25) is 11.8 Å². The Bertz CT molecular complexity index is 1740. The zero-order chi connectivity index (χ0) is 29.0. The van der Waals surface area contributed by atoms with Gasteiger partial charge >= 0.3 is 5.97 Å². The highest BCUT2D eigenvalue weighted by atomic mass is 16.5. The molecular weight excluding hydrogens is 532 g/mol. The molecule has 3 aromatic carbocycles. The third-order valence-corrected chi connectivity index (χ3v) is 9.01. The van der Waals surface area contributed by atoms with Gasteiger partial charge in [-0.3, -0.25) is 19.3 Å². The molecule has 2 heterocycles. The van der Waals surface area contributed by atoms with E-state index in [0.29, 0.717) is 51.0 Å². The van der Waals surface area contributed by atoms with E-state index in [1.54, 1.807) is 73.8 Å². The molecule has 0 spiro atoms. The number of rotatable bonds is 7. The predicted octanol–water partition coefficient (Wildman–Crippen LogP) is 5.49. The number of Topliss-reactive ketones (excluding diaryl/α,β-unsaturated/α-hetero) is 1. The third kappa shape index (κ3) is 4.26. The van der Waals surface area contributed by atoms with Crippen molar-refractivity contribution in [3.8, 4) is 17.0 Å². The number of ether oxygens (including phenoxy) is 2. The van der Waals surface area contributed by atoms with Gasteiger partial charge in [0.15, 0.2) is 12.4 Å². The molecule has 3 fully saturated rings. The highest BCUT2D eigenvalue weighted by Crippen LogP contribution is 2.56. The molecule has 42 heavy (non-hydrogen) atoms. The van der Waals surface area contributed by atoms with Crippen LogP contribution in [0, 0.1) is 23.7 Å². The van der Waals surface area contributed by atoms with Gasteiger partial charge < -0.3 is 9.47 Å². The van der Waals surface area contributed by atoms with Crippen LogP contribution in [0.25, 0.3) is 22.2 Å². The first-order chi connectivity index (χ1) is 20.4. The number of pyridine rings is 1. The molecule has 3 aliphatic rings. The molecule has 8 heteroatoms. The van der Waals surface area contributed by atoms with Crippen LogP contribution in [0.1, 0.15) is 40.0 Å². The van der Waals surface area contributed by atoms with Gasteiger partial charge in [0, 0.05) is 16.5 Å². The van der Waals surface area contributed by atoms with Gasteiger partial charge in [0.05, 0.1) is 41.4 Å². The fourth-order valence-electron chi connectivity index (χ4n) is 7.03. The number of aromatic nitrogens is 1. The highest BCUT2D eigenvalue weighted by molar-refractivity contribution is 6.22. The lowest BCUT2D eigenvalue weighted by Crippen LogP contribution is -2.32. The summed E-state index contributed by atoms with van der Waals surface area (Å²) in [5.41, 5.74) is 2.91. The molecular formula is C34H28N2O6. The zero-order valence-corrected chi connectivity index (χ0v) is 23.0. The molecule has 8 nitrogen and oxygen atoms in total. The molecule has 4 aromatic rings. The van der Waals surface area contributed by atoms with E-state index < -0.39 is 12.6 Å². The van der Waals surface area contributed by atoms with Crippen molar-refractivity contribution in [2.75, 3.05) is 18.6 Å². The predicted molar refractivity (Wildman–Crippen MR) is 155 cm³/mol. The van der Waals surface area contributed by atoms with E-state index in [4.69, 9.17) is 14.5 Å². The molecule has 1 saturated heterocycles. The molecule has 0 N–H and O–H groups in total. The van der Waals surface area contributed by atoms with Crippen LogP contribution in [-0.4, -0.2) is 42.3 Å². The number of imide groups is 1. The monoisotopic (exact) mass is 560 g/mol. The Morgan fingerprint density at radius 1 is 0.881 bits per heavy atom. The second kappa shape index (κ2) is 10.2. The van der Waals surface area contributed by atoms with Crippen molar-refractivity contribution >= 4 is 40.2 Å². The Kier molecular flexibility index (Phi) is 6.34. The summed E-state index contributed by atoms with van der Waals surface area (Å²) in [6.45, 7) is -0.421. The summed E-state index contributed by atoms with van der Waals surface area (Å²) in [6.07, 6.45) is 3.01. The van der Waals surface area contributed by atoms with Crippen LogP contribution in [-0.2, 0) is 14.3 Å². The van der Waals surface area contributed by atoms with Crippen LogP contribution < -0.4 is 9.64 Å². The molecule has 2 amide bonds. The molecule has 0 radical (unpaired) electrons. The van der Waals surface area contributed by atoms with E-state index in [2.05, 4.69) is 0 Å². The minimum atomic E-state index is -0.652. The van der Waals surface area contributed by atoms with Gasteiger partial charge in [0.25, 0.3) is 0 Å². The van der Waals surface area contributed by atoms with Crippen molar-refractivity contribution in [1.82, 2.24) is 4.98 Å². The van der Waals surface area contributed by atoms with Gasteiger partial charge in [-0.05, 0) is 79.6 Å². The first kappa shape index (κ1) is 26.1. The van der Waals surface area contributed by atoms with Gasteiger partial charge in [0.1, 0.15) is 5.75 Å². The standard InChI is InChI=1S/C34H28N2O6/c1-41-24-13-11-19(12-14-24)29(37)18-42-34(40)26-17-28(35-27-8-3-2-7-25(26)27)20-5-4-6-23(16-20)36-32(38)30-21-9-10-22(15-21)31(30)33(36)39/h2-8,11-14,16-17,21-22,30-31H,9-10,15,18H2,1H3/t21-,22-,30-,31-/m0/s1. The summed E-state index contributed by atoms with van der Waals surface area (Å²) in [5, 5.41) is 0.590. The summed E-state index contributed by atoms with van der Waals surface area (Å²) in [6, 6.07) is 22.6. The Balaban J connectivity index is 1.17. The lowest BCUT2D eigenvalue weighted by Gasteiger charge is -2.19. The maximum Gasteiger partial charge on any atom is 0.339 e. The van der Waals surface area contributed by atoms with Gasteiger partial charge in [-0.2, -0.15) is 0 Å². The molecule has 4 atom stereocenters. The van der Waals surface area contributed by atoms with Crippen molar-refractivity contribution in [2.45, 2.75) is 19.3 Å². The Hall–Kier alpha value is -4.85. The normalized spacial score (nSPS) is 22.5. The average Bonchev–Trinajstić information content (AvgIpc) is 3.72. The molecule has 1 aliphatic heterocycles. The summed E-state index contributed by atoms with van der Waals surface area (Å²) in [5.74, 6) is -0.387. The average molecular weight is 561 g/mol. The first-order valence-electron chi connectivity index (χ1n) is 14.2. The summed E-state index contributed by atoms with van der Waals surface area (Å²) in [7, 11) is 1.54. The Labute approximate surface area is 242 Å². The SMILES string of the molecule is COc1ccc(C(=O)COC(=O)c2cc(-c3cccc(N4C(=O)[C@H]5[C@H]6CC[C@@H](C6)[C@@H]5C4=O)c3)nc3ccccc23)cc1. The van der Waals surface area contributed by atoms with Gasteiger partial charge in [-0.1, -0.05) is 30.3 Å². The third-order valence-electron chi connectivity index (χ3n) is 9.01. The first-order valence-corrected chi connectivity index (χ1v) is 14.2. The Morgan fingerprint density at radius 2 is 1.60 bits per heavy atom. The van der Waals surface area contributed by atoms with Crippen LogP contribution in [0.3, 0.4) is 0 Å². The van der Waals surface area contributed by atoms with E-state index in [9.17, 15) is 19.2 Å². The van der Waals surface area contributed by atoms with Crippen LogP contribution in [0.5, 0.6) is 5.75 Å². The Morgan fingerprint density at radius 3 is 2.31 bits per heavy atom. The molecule has 0 unspecified atom stereocenters.